The van der Waals surface area contributed by atoms with Crippen LogP contribution in [0.15, 0.2) is 70.8 Å². The molecule has 0 aliphatic heterocycles. The number of aryl methyl sites for hydroxylation is 2. The topological polar surface area (TPSA) is 34.1 Å². The molecule has 0 N–H and O–H groups in total. The maximum Gasteiger partial charge on any atom is 0.166 e. The quantitative estimate of drug-likeness (QED) is 0.319. The second-order valence-electron chi connectivity index (χ2n) is 8.55. The van der Waals surface area contributed by atoms with Crippen molar-refractivity contribution in [1.82, 2.24) is 0 Å². The molecule has 158 valence electrons. The molecule has 2 nitrogen and oxygen atoms in total. The Hall–Kier alpha value is -2.74. The highest BCUT2D eigenvalue weighted by Crippen LogP contribution is 2.22. The highest BCUT2D eigenvalue weighted by Gasteiger charge is 2.10. The Morgan fingerprint density at radius 3 is 1.13 bits per heavy atom. The van der Waals surface area contributed by atoms with Crippen LogP contribution < -0.4 is 0 Å². The van der Waals surface area contributed by atoms with Crippen LogP contribution in [-0.4, -0.2) is 11.6 Å². The van der Waals surface area contributed by atoms with Crippen LogP contribution in [0, 0.1) is 13.8 Å². The van der Waals surface area contributed by atoms with E-state index in [1.165, 1.54) is 11.1 Å². The number of hydrogen-bond donors (Lipinski definition) is 0. The number of rotatable bonds is 9. The predicted octanol–water partition coefficient (Wildman–Crippen LogP) is 7.60. The number of allylic oxidation sites excluding steroid dienone is 4. The first-order valence-corrected chi connectivity index (χ1v) is 10.7. The van der Waals surface area contributed by atoms with Gasteiger partial charge in [0.15, 0.2) is 11.6 Å². The maximum absolute atomic E-state index is 12.5. The molecule has 0 fully saturated rings. The lowest BCUT2D eigenvalue weighted by Gasteiger charge is -2.11. The van der Waals surface area contributed by atoms with Crippen molar-refractivity contribution in [1.29, 1.82) is 0 Å². The van der Waals surface area contributed by atoms with E-state index in [9.17, 15) is 9.59 Å². The lowest BCUT2D eigenvalue weighted by Crippen LogP contribution is -2.02. The highest BCUT2D eigenvalue weighted by atomic mass is 16.1. The molecule has 0 amide bonds. The number of carbonyl (C=O) groups excluding carboxylic acids is 2. The van der Waals surface area contributed by atoms with Gasteiger partial charge in [0.25, 0.3) is 0 Å². The monoisotopic (exact) mass is 402 g/mol. The summed E-state index contributed by atoms with van der Waals surface area (Å²) in [6, 6.07) is 15.5. The van der Waals surface area contributed by atoms with E-state index in [-0.39, 0.29) is 11.6 Å². The zero-order valence-electron chi connectivity index (χ0n) is 19.3. The van der Waals surface area contributed by atoms with Crippen molar-refractivity contribution in [3.8, 4) is 0 Å². The first-order valence-electron chi connectivity index (χ1n) is 10.7. The molecule has 0 heterocycles. The lowest BCUT2D eigenvalue weighted by atomic mass is 9.94. The molecule has 0 bridgehead atoms. The minimum absolute atomic E-state index is 0.166. The molecule has 0 spiro atoms. The first kappa shape index (κ1) is 23.5. The van der Waals surface area contributed by atoms with Gasteiger partial charge in [0, 0.05) is 24.0 Å². The van der Waals surface area contributed by atoms with Gasteiger partial charge in [-0.1, -0.05) is 82.0 Å². The normalized spacial score (nSPS) is 12.9. The maximum atomic E-state index is 12.5. The largest absolute Gasteiger partial charge is 0.294 e. The van der Waals surface area contributed by atoms with Crippen molar-refractivity contribution in [2.45, 2.75) is 67.2 Å². The molecule has 0 aromatic heterocycles. The van der Waals surface area contributed by atoms with E-state index in [1.54, 1.807) is 0 Å². The summed E-state index contributed by atoms with van der Waals surface area (Å²) < 4.78 is 0. The predicted molar refractivity (Wildman–Crippen MR) is 126 cm³/mol. The first-order chi connectivity index (χ1) is 14.2. The minimum Gasteiger partial charge on any atom is -0.294 e. The van der Waals surface area contributed by atoms with Gasteiger partial charge in [-0.25, -0.2) is 0 Å². The number of ketones is 2. The van der Waals surface area contributed by atoms with Gasteiger partial charge in [-0.2, -0.15) is 0 Å². The Labute approximate surface area is 181 Å². The molecule has 2 rings (SSSR count). The van der Waals surface area contributed by atoms with E-state index < -0.39 is 0 Å². The highest BCUT2D eigenvalue weighted by molar-refractivity contribution is 5.98. The average Bonchev–Trinajstić information content (AvgIpc) is 2.72. The molecule has 0 radical (unpaired) electrons. The number of carbonyl (C=O) groups is 2. The van der Waals surface area contributed by atoms with Crippen molar-refractivity contribution >= 4 is 11.6 Å². The van der Waals surface area contributed by atoms with Crippen molar-refractivity contribution in [2.75, 3.05) is 0 Å². The molecule has 0 atom stereocenters. The van der Waals surface area contributed by atoms with Crippen molar-refractivity contribution in [2.24, 2.45) is 0 Å². The molecule has 30 heavy (non-hydrogen) atoms. The van der Waals surface area contributed by atoms with Crippen LogP contribution in [-0.2, 0) is 0 Å². The molecule has 2 aromatic carbocycles. The van der Waals surface area contributed by atoms with Gasteiger partial charge < -0.3 is 0 Å². The fraction of sp³-hybridized carbons (Fsp3) is 0.357. The molecule has 0 saturated carbocycles. The molecule has 2 heteroatoms. The third-order valence-corrected chi connectivity index (χ3v) is 5.93. The van der Waals surface area contributed by atoms with Crippen LogP contribution in [0.1, 0.15) is 85.2 Å². The summed E-state index contributed by atoms with van der Waals surface area (Å²) in [6.45, 7) is 12.4. The summed E-state index contributed by atoms with van der Waals surface area (Å²) in [4.78, 5) is 25.0. The van der Waals surface area contributed by atoms with Crippen LogP contribution in [0.3, 0.4) is 0 Å². The number of benzene rings is 2. The Bertz CT molecular complexity index is 873. The van der Waals surface area contributed by atoms with E-state index in [2.05, 4.69) is 13.8 Å². The Morgan fingerprint density at radius 2 is 0.833 bits per heavy atom. The Morgan fingerprint density at radius 1 is 0.533 bits per heavy atom. The zero-order valence-corrected chi connectivity index (χ0v) is 19.3. The third-order valence-electron chi connectivity index (χ3n) is 5.93. The molecular weight excluding hydrogens is 368 g/mol. The second-order valence-corrected chi connectivity index (χ2v) is 8.55. The van der Waals surface area contributed by atoms with Crippen molar-refractivity contribution < 1.29 is 9.59 Å². The summed E-state index contributed by atoms with van der Waals surface area (Å²) in [5.74, 6) is 0.331. The fourth-order valence-corrected chi connectivity index (χ4v) is 3.27. The summed E-state index contributed by atoms with van der Waals surface area (Å²) in [7, 11) is 0. The van der Waals surface area contributed by atoms with Gasteiger partial charge in [-0.15, -0.1) is 0 Å². The van der Waals surface area contributed by atoms with Crippen molar-refractivity contribution in [3.63, 3.8) is 0 Å². The zero-order chi connectivity index (χ0) is 22.3. The Kier molecular flexibility index (Phi) is 8.53. The van der Waals surface area contributed by atoms with E-state index in [4.69, 9.17) is 0 Å². The number of hydrogen-bond acceptors (Lipinski definition) is 2. The van der Waals surface area contributed by atoms with Gasteiger partial charge in [-0.05, 0) is 54.4 Å². The van der Waals surface area contributed by atoms with Gasteiger partial charge in [0.05, 0.1) is 0 Å². The molecule has 0 aliphatic carbocycles. The van der Waals surface area contributed by atoms with E-state index in [1.807, 2.05) is 76.2 Å². The summed E-state index contributed by atoms with van der Waals surface area (Å²) in [5.41, 5.74) is 8.66. The van der Waals surface area contributed by atoms with Crippen LogP contribution in [0.2, 0.25) is 0 Å². The lowest BCUT2D eigenvalue weighted by molar-refractivity contribution is 0.0984. The van der Waals surface area contributed by atoms with Crippen molar-refractivity contribution in [3.05, 3.63) is 93.1 Å². The van der Waals surface area contributed by atoms with E-state index in [0.29, 0.717) is 12.8 Å². The van der Waals surface area contributed by atoms with Crippen LogP contribution in [0.25, 0.3) is 0 Å². The number of Topliss-reactive ketones (excluding diaryl/α,β-unsaturated/α-hetero) is 2. The SMILES string of the molecule is C/C(CC/C(C)=C(\C)CC(=O)c1ccc(C)cc1)=C(/C)CC(=O)c1ccc(C)cc1. The summed E-state index contributed by atoms with van der Waals surface area (Å²) in [6.07, 6.45) is 2.74. The molecule has 0 saturated heterocycles. The average molecular weight is 403 g/mol. The van der Waals surface area contributed by atoms with Gasteiger partial charge in [0.1, 0.15) is 0 Å². The third kappa shape index (κ3) is 6.95. The van der Waals surface area contributed by atoms with Crippen LogP contribution in [0.4, 0.5) is 0 Å². The Balaban J connectivity index is 1.94. The molecule has 0 unspecified atom stereocenters. The second kappa shape index (κ2) is 10.9. The minimum atomic E-state index is 0.166. The smallest absolute Gasteiger partial charge is 0.166 e. The van der Waals surface area contributed by atoms with Gasteiger partial charge >= 0.3 is 0 Å². The van der Waals surface area contributed by atoms with Crippen LogP contribution >= 0.6 is 0 Å². The van der Waals surface area contributed by atoms with E-state index >= 15 is 0 Å². The molecule has 2 aromatic rings. The fourth-order valence-electron chi connectivity index (χ4n) is 3.27. The summed E-state index contributed by atoms with van der Waals surface area (Å²) >= 11 is 0. The summed E-state index contributed by atoms with van der Waals surface area (Å²) in [5, 5.41) is 0. The molecular formula is C28H34O2. The van der Waals surface area contributed by atoms with Crippen LogP contribution in [0.5, 0.6) is 0 Å². The van der Waals surface area contributed by atoms with Gasteiger partial charge in [-0.3, -0.25) is 9.59 Å². The van der Waals surface area contributed by atoms with Gasteiger partial charge in [0.2, 0.25) is 0 Å². The molecule has 0 aliphatic rings. The standard InChI is InChI=1S/C28H34O2/c1-19-7-13-25(14-8-19)27(29)17-23(5)21(3)11-12-22(4)24(6)18-28(30)26-15-9-20(2)10-16-26/h7-10,13-16H,11-12,17-18H2,1-6H3/b23-21+,24-22+. The van der Waals surface area contributed by atoms with E-state index in [0.717, 1.165) is 46.2 Å².